The maximum atomic E-state index is 12.5. The van der Waals surface area contributed by atoms with Crippen LogP contribution in [0.1, 0.15) is 16.8 Å². The Labute approximate surface area is 136 Å². The Hall–Kier alpha value is -2.47. The van der Waals surface area contributed by atoms with Gasteiger partial charge >= 0.3 is 0 Å². The van der Waals surface area contributed by atoms with Crippen LogP contribution in [-0.2, 0) is 0 Å². The van der Waals surface area contributed by atoms with Gasteiger partial charge in [-0.3, -0.25) is 4.79 Å². The number of benzene rings is 1. The van der Waals surface area contributed by atoms with Crippen molar-refractivity contribution < 1.29 is 4.79 Å². The van der Waals surface area contributed by atoms with Crippen molar-refractivity contribution in [3.63, 3.8) is 0 Å². The summed E-state index contributed by atoms with van der Waals surface area (Å²) in [6.07, 6.45) is 4.40. The number of hydrogen-bond acceptors (Lipinski definition) is 5. The van der Waals surface area contributed by atoms with Crippen molar-refractivity contribution in [3.8, 4) is 0 Å². The van der Waals surface area contributed by atoms with E-state index in [1.165, 1.54) is 0 Å². The summed E-state index contributed by atoms with van der Waals surface area (Å²) in [4.78, 5) is 24.9. The zero-order chi connectivity index (χ0) is 16.2. The van der Waals surface area contributed by atoms with Crippen LogP contribution in [0, 0.1) is 0 Å². The normalized spacial score (nSPS) is 17.5. The number of likely N-dealkylation sites (N-methyl/N-ethyl adjacent to an activating group) is 1. The number of carbonyl (C=O) groups excluding carboxylic acids is 1. The first kappa shape index (κ1) is 15.4. The molecule has 1 amide bonds. The average Bonchev–Trinajstić information content (AvgIpc) is 3.06. The average molecular weight is 311 g/mol. The number of rotatable bonds is 4. The lowest BCUT2D eigenvalue weighted by molar-refractivity contribution is 0.0783. The first-order valence-electron chi connectivity index (χ1n) is 7.73. The summed E-state index contributed by atoms with van der Waals surface area (Å²) in [6.45, 7) is 1.61. The highest BCUT2D eigenvalue weighted by Gasteiger charge is 2.27. The van der Waals surface area contributed by atoms with Crippen LogP contribution in [0.4, 0.5) is 11.6 Å². The van der Waals surface area contributed by atoms with Crippen LogP contribution in [0.5, 0.6) is 0 Å². The highest BCUT2D eigenvalue weighted by molar-refractivity contribution is 5.94. The highest BCUT2D eigenvalue weighted by atomic mass is 16.2. The summed E-state index contributed by atoms with van der Waals surface area (Å²) in [5.41, 5.74) is 1.57. The second-order valence-corrected chi connectivity index (χ2v) is 5.93. The molecule has 0 bridgehead atoms. The Morgan fingerprint density at radius 3 is 2.52 bits per heavy atom. The van der Waals surface area contributed by atoms with Crippen molar-refractivity contribution in [2.75, 3.05) is 32.5 Å². The summed E-state index contributed by atoms with van der Waals surface area (Å²) in [5, 5.41) is 3.11. The fourth-order valence-electron chi connectivity index (χ4n) is 2.72. The van der Waals surface area contributed by atoms with E-state index in [0.717, 1.165) is 25.2 Å². The predicted molar refractivity (Wildman–Crippen MR) is 89.8 cm³/mol. The largest absolute Gasteiger partial charge is 0.337 e. The van der Waals surface area contributed by atoms with Crippen LogP contribution >= 0.6 is 0 Å². The minimum absolute atomic E-state index is 0.0943. The number of hydrogen-bond donors (Lipinski definition) is 1. The maximum Gasteiger partial charge on any atom is 0.253 e. The third kappa shape index (κ3) is 3.65. The molecule has 1 N–H and O–H groups in total. The highest BCUT2D eigenvalue weighted by Crippen LogP contribution is 2.18. The second-order valence-electron chi connectivity index (χ2n) is 5.93. The molecule has 6 nitrogen and oxygen atoms in total. The predicted octanol–water partition coefficient (Wildman–Crippen LogP) is 2.00. The van der Waals surface area contributed by atoms with Crippen molar-refractivity contribution in [1.29, 1.82) is 0 Å². The first-order valence-corrected chi connectivity index (χ1v) is 7.73. The standard InChI is InChI=1S/C17H21N5O/c1-21(2)15-8-11-22(12-15)16(23)13-4-6-14(7-5-13)20-17-18-9-3-10-19-17/h3-7,9-10,15H,8,11-12H2,1-2H3,(H,18,19,20). The van der Waals surface area contributed by atoms with Gasteiger partial charge in [-0.1, -0.05) is 0 Å². The summed E-state index contributed by atoms with van der Waals surface area (Å²) in [6, 6.07) is 9.67. The van der Waals surface area contributed by atoms with E-state index >= 15 is 0 Å². The maximum absolute atomic E-state index is 12.5. The number of aromatic nitrogens is 2. The molecule has 3 rings (SSSR count). The molecule has 1 fully saturated rings. The van der Waals surface area contributed by atoms with Crippen LogP contribution < -0.4 is 5.32 Å². The van der Waals surface area contributed by atoms with Crippen molar-refractivity contribution in [2.24, 2.45) is 0 Å². The fourth-order valence-corrected chi connectivity index (χ4v) is 2.72. The number of likely N-dealkylation sites (tertiary alicyclic amines) is 1. The van der Waals surface area contributed by atoms with Gasteiger partial charge in [-0.15, -0.1) is 0 Å². The molecule has 0 aliphatic carbocycles. The van der Waals surface area contributed by atoms with Gasteiger partial charge in [0.05, 0.1) is 0 Å². The van der Waals surface area contributed by atoms with Gasteiger partial charge in [0.2, 0.25) is 5.95 Å². The molecule has 1 aromatic heterocycles. The quantitative estimate of drug-likeness (QED) is 0.936. The lowest BCUT2D eigenvalue weighted by atomic mass is 10.2. The van der Waals surface area contributed by atoms with Crippen molar-refractivity contribution >= 4 is 17.5 Å². The SMILES string of the molecule is CN(C)C1CCN(C(=O)c2ccc(Nc3ncccn3)cc2)C1. The van der Waals surface area contributed by atoms with Gasteiger partial charge in [-0.05, 0) is 50.8 Å². The Kier molecular flexibility index (Phi) is 4.52. The van der Waals surface area contributed by atoms with Crippen LogP contribution in [0.25, 0.3) is 0 Å². The Morgan fingerprint density at radius 1 is 1.22 bits per heavy atom. The molecule has 0 spiro atoms. The number of amides is 1. The summed E-state index contributed by atoms with van der Waals surface area (Å²) < 4.78 is 0. The van der Waals surface area contributed by atoms with Crippen molar-refractivity contribution in [3.05, 3.63) is 48.3 Å². The molecule has 6 heteroatoms. The van der Waals surface area contributed by atoms with Gasteiger partial charge < -0.3 is 15.1 Å². The van der Waals surface area contributed by atoms with Gasteiger partial charge in [0.25, 0.3) is 5.91 Å². The molecular weight excluding hydrogens is 290 g/mol. The molecule has 1 aliphatic heterocycles. The first-order chi connectivity index (χ1) is 11.1. The Balaban J connectivity index is 1.64. The van der Waals surface area contributed by atoms with Gasteiger partial charge in [-0.25, -0.2) is 9.97 Å². The topological polar surface area (TPSA) is 61.4 Å². The molecule has 1 atom stereocenters. The molecule has 2 heterocycles. The molecule has 1 aliphatic rings. The van der Waals surface area contributed by atoms with E-state index in [9.17, 15) is 4.79 Å². The molecule has 1 saturated heterocycles. The van der Waals surface area contributed by atoms with E-state index in [-0.39, 0.29) is 5.91 Å². The van der Waals surface area contributed by atoms with E-state index in [4.69, 9.17) is 0 Å². The lowest BCUT2D eigenvalue weighted by Gasteiger charge is -2.20. The molecule has 120 valence electrons. The minimum Gasteiger partial charge on any atom is -0.337 e. The van der Waals surface area contributed by atoms with Crippen LogP contribution in [0.2, 0.25) is 0 Å². The molecule has 0 radical (unpaired) electrons. The van der Waals surface area contributed by atoms with Gasteiger partial charge in [0.15, 0.2) is 0 Å². The Bertz CT molecular complexity index is 656. The summed E-state index contributed by atoms with van der Waals surface area (Å²) in [5.74, 6) is 0.636. The lowest BCUT2D eigenvalue weighted by Crippen LogP contribution is -2.34. The van der Waals surface area contributed by atoms with Crippen molar-refractivity contribution in [2.45, 2.75) is 12.5 Å². The summed E-state index contributed by atoms with van der Waals surface area (Å²) in [7, 11) is 4.12. The van der Waals surface area contributed by atoms with E-state index in [0.29, 0.717) is 17.6 Å². The van der Waals surface area contributed by atoms with Gasteiger partial charge in [0.1, 0.15) is 0 Å². The number of anilines is 2. The van der Waals surface area contributed by atoms with E-state index in [2.05, 4.69) is 34.3 Å². The van der Waals surface area contributed by atoms with Crippen LogP contribution in [-0.4, -0.2) is 58.9 Å². The molecule has 0 saturated carbocycles. The van der Waals surface area contributed by atoms with Crippen LogP contribution in [0.3, 0.4) is 0 Å². The molecule has 23 heavy (non-hydrogen) atoms. The molecule has 1 unspecified atom stereocenters. The third-order valence-corrected chi connectivity index (χ3v) is 4.13. The number of nitrogens with one attached hydrogen (secondary N) is 1. The van der Waals surface area contributed by atoms with Gasteiger partial charge in [0, 0.05) is 42.8 Å². The second kappa shape index (κ2) is 6.75. The van der Waals surface area contributed by atoms with Gasteiger partial charge in [-0.2, -0.15) is 0 Å². The van der Waals surface area contributed by atoms with E-state index in [1.807, 2.05) is 29.2 Å². The van der Waals surface area contributed by atoms with Crippen LogP contribution in [0.15, 0.2) is 42.7 Å². The van der Waals surface area contributed by atoms with E-state index in [1.54, 1.807) is 18.5 Å². The minimum atomic E-state index is 0.0943. The smallest absolute Gasteiger partial charge is 0.253 e. The zero-order valence-corrected chi connectivity index (χ0v) is 13.4. The third-order valence-electron chi connectivity index (χ3n) is 4.13. The fraction of sp³-hybridized carbons (Fsp3) is 0.353. The number of carbonyl (C=O) groups is 1. The monoisotopic (exact) mass is 311 g/mol. The zero-order valence-electron chi connectivity index (χ0n) is 13.4. The Morgan fingerprint density at radius 2 is 1.91 bits per heavy atom. The van der Waals surface area contributed by atoms with Crippen molar-refractivity contribution in [1.82, 2.24) is 19.8 Å². The summed E-state index contributed by atoms with van der Waals surface area (Å²) >= 11 is 0. The number of nitrogens with zero attached hydrogens (tertiary/aromatic N) is 4. The molecule has 2 aromatic rings. The molecular formula is C17H21N5O. The molecule has 1 aromatic carbocycles. The van der Waals surface area contributed by atoms with E-state index < -0.39 is 0 Å².